The van der Waals surface area contributed by atoms with Gasteiger partial charge in [0.25, 0.3) is 0 Å². The number of carboxylic acids is 1. The molecule has 0 spiro atoms. The summed E-state index contributed by atoms with van der Waals surface area (Å²) in [4.78, 5) is 43.7. The molecule has 1 aliphatic rings. The van der Waals surface area contributed by atoms with Gasteiger partial charge in [-0.25, -0.2) is 9.78 Å². The molecule has 9 nitrogen and oxygen atoms in total. The van der Waals surface area contributed by atoms with Crippen LogP contribution in [-0.4, -0.2) is 55.0 Å². The van der Waals surface area contributed by atoms with Gasteiger partial charge >= 0.3 is 12.1 Å². The number of rotatable bonds is 5. The maximum Gasteiger partial charge on any atom is 0.490 e. The first kappa shape index (κ1) is 23.8. The van der Waals surface area contributed by atoms with Gasteiger partial charge in [0, 0.05) is 31.6 Å². The highest BCUT2D eigenvalue weighted by molar-refractivity contribution is 5.83. The second-order valence-corrected chi connectivity index (χ2v) is 6.71. The minimum atomic E-state index is -5.08. The average molecular weight is 441 g/mol. The summed E-state index contributed by atoms with van der Waals surface area (Å²) in [6, 6.07) is 3.29. The Kier molecular flexibility index (Phi) is 8.11. The van der Waals surface area contributed by atoms with Crippen LogP contribution < -0.4 is 5.32 Å². The van der Waals surface area contributed by atoms with Crippen LogP contribution in [0.25, 0.3) is 0 Å². The second-order valence-electron chi connectivity index (χ2n) is 6.71. The Morgan fingerprint density at radius 2 is 1.97 bits per heavy atom. The molecule has 31 heavy (non-hydrogen) atoms. The van der Waals surface area contributed by atoms with E-state index in [4.69, 9.17) is 9.90 Å². The first-order chi connectivity index (χ1) is 14.6. The Bertz CT molecular complexity index is 901. The highest BCUT2D eigenvalue weighted by atomic mass is 19.4. The van der Waals surface area contributed by atoms with Crippen molar-refractivity contribution >= 4 is 17.8 Å². The molecule has 1 unspecified atom stereocenters. The molecule has 0 bridgehead atoms. The summed E-state index contributed by atoms with van der Waals surface area (Å²) in [6.07, 6.45) is 3.00. The van der Waals surface area contributed by atoms with Gasteiger partial charge in [0.1, 0.15) is 6.04 Å². The molecule has 3 rings (SSSR count). The molecule has 0 aromatic carbocycles. The molecule has 168 valence electrons. The zero-order valence-corrected chi connectivity index (χ0v) is 16.7. The van der Waals surface area contributed by atoms with Crippen molar-refractivity contribution in [3.05, 3.63) is 48.3 Å². The molecule has 1 atom stereocenters. The van der Waals surface area contributed by atoms with Crippen LogP contribution in [0.4, 0.5) is 13.2 Å². The van der Waals surface area contributed by atoms with Gasteiger partial charge in [-0.2, -0.15) is 13.2 Å². The number of carboxylic acid groups (broad SMARTS) is 1. The van der Waals surface area contributed by atoms with Crippen LogP contribution in [0.1, 0.15) is 37.1 Å². The third-order valence-electron chi connectivity index (χ3n) is 4.38. The van der Waals surface area contributed by atoms with Crippen LogP contribution in [0.5, 0.6) is 0 Å². The topological polar surface area (TPSA) is 117 Å². The van der Waals surface area contributed by atoms with Crippen LogP contribution in [-0.2, 0) is 27.5 Å². The zero-order chi connectivity index (χ0) is 23.0. The van der Waals surface area contributed by atoms with Gasteiger partial charge in [-0.1, -0.05) is 13.0 Å². The maximum absolute atomic E-state index is 12.6. The third-order valence-corrected chi connectivity index (χ3v) is 4.38. The predicted molar refractivity (Wildman–Crippen MR) is 101 cm³/mol. The Labute approximate surface area is 175 Å². The lowest BCUT2D eigenvalue weighted by molar-refractivity contribution is -0.192. The molecule has 0 radical (unpaired) electrons. The van der Waals surface area contributed by atoms with Crippen LogP contribution in [0, 0.1) is 0 Å². The summed E-state index contributed by atoms with van der Waals surface area (Å²) in [5.41, 5.74) is 1.82. The van der Waals surface area contributed by atoms with Crippen molar-refractivity contribution in [2.75, 3.05) is 6.54 Å². The minimum absolute atomic E-state index is 0.0787. The van der Waals surface area contributed by atoms with E-state index in [1.54, 1.807) is 29.8 Å². The first-order valence-electron chi connectivity index (χ1n) is 9.38. The number of alkyl halides is 3. The maximum atomic E-state index is 12.6. The molecule has 0 saturated carbocycles. The summed E-state index contributed by atoms with van der Waals surface area (Å²) < 4.78 is 33.6. The van der Waals surface area contributed by atoms with Crippen LogP contribution in [0.2, 0.25) is 0 Å². The van der Waals surface area contributed by atoms with Gasteiger partial charge in [0.05, 0.1) is 25.1 Å². The molecular formula is C19H22F3N5O4. The van der Waals surface area contributed by atoms with E-state index in [-0.39, 0.29) is 11.8 Å². The fourth-order valence-electron chi connectivity index (χ4n) is 2.87. The van der Waals surface area contributed by atoms with Crippen molar-refractivity contribution in [2.24, 2.45) is 0 Å². The highest BCUT2D eigenvalue weighted by Gasteiger charge is 2.38. The Morgan fingerprint density at radius 1 is 1.26 bits per heavy atom. The summed E-state index contributed by atoms with van der Waals surface area (Å²) in [5, 5.41) is 10.1. The number of carbonyl (C=O) groups excluding carboxylic acids is 2. The van der Waals surface area contributed by atoms with Crippen molar-refractivity contribution in [3.63, 3.8) is 0 Å². The lowest BCUT2D eigenvalue weighted by Gasteiger charge is -2.33. The number of hydrogen-bond donors (Lipinski definition) is 2. The lowest BCUT2D eigenvalue weighted by atomic mass is 10.1. The van der Waals surface area contributed by atoms with Crippen molar-refractivity contribution < 1.29 is 32.7 Å². The van der Waals surface area contributed by atoms with Crippen LogP contribution in [0.3, 0.4) is 0 Å². The number of halogens is 3. The number of amides is 2. The van der Waals surface area contributed by atoms with Crippen molar-refractivity contribution in [1.29, 1.82) is 0 Å². The van der Waals surface area contributed by atoms with Gasteiger partial charge in [-0.05, 0) is 18.1 Å². The monoisotopic (exact) mass is 441 g/mol. The van der Waals surface area contributed by atoms with Gasteiger partial charge in [-0.3, -0.25) is 14.6 Å². The van der Waals surface area contributed by atoms with Crippen LogP contribution in [0.15, 0.2) is 37.1 Å². The molecule has 0 aliphatic carbocycles. The Hall–Kier alpha value is -3.44. The van der Waals surface area contributed by atoms with E-state index in [0.717, 1.165) is 17.7 Å². The minimum Gasteiger partial charge on any atom is -0.475 e. The highest BCUT2D eigenvalue weighted by Crippen LogP contribution is 2.22. The third kappa shape index (κ3) is 6.79. The van der Waals surface area contributed by atoms with E-state index in [2.05, 4.69) is 15.3 Å². The Morgan fingerprint density at radius 3 is 2.55 bits per heavy atom. The smallest absolute Gasteiger partial charge is 0.475 e. The van der Waals surface area contributed by atoms with Gasteiger partial charge in [-0.15, -0.1) is 0 Å². The van der Waals surface area contributed by atoms with E-state index in [1.807, 2.05) is 23.6 Å². The molecule has 0 fully saturated rings. The van der Waals surface area contributed by atoms with E-state index in [0.29, 0.717) is 26.1 Å². The lowest BCUT2D eigenvalue weighted by Crippen LogP contribution is -2.46. The number of nitrogens with one attached hydrogen (secondary N) is 1. The number of carbonyl (C=O) groups is 3. The number of aliphatic carboxylic acids is 1. The van der Waals surface area contributed by atoms with Crippen LogP contribution >= 0.6 is 0 Å². The number of aromatic nitrogens is 3. The standard InChI is InChI=1S/C17H21N5O2.C2HF3O2/c1-2-4-16(23)21-10-14-9-19-12-22(14)15(11-21)17(24)20-8-13-5-3-6-18-7-13;3-2(4,5)1(6)7/h3,5-7,9,12,15H,2,4,8,10-11H2,1H3,(H,20,24);(H,6,7). The summed E-state index contributed by atoms with van der Waals surface area (Å²) in [6.45, 7) is 3.27. The molecule has 12 heteroatoms. The molecule has 3 heterocycles. The summed E-state index contributed by atoms with van der Waals surface area (Å²) in [7, 11) is 0. The van der Waals surface area contributed by atoms with Crippen molar-refractivity contribution in [3.8, 4) is 0 Å². The summed E-state index contributed by atoms with van der Waals surface area (Å²) >= 11 is 0. The van der Waals surface area contributed by atoms with Crippen molar-refractivity contribution in [2.45, 2.75) is 45.1 Å². The second kappa shape index (κ2) is 10.5. The number of pyridine rings is 1. The van der Waals surface area contributed by atoms with E-state index in [1.165, 1.54) is 0 Å². The number of nitrogens with zero attached hydrogens (tertiary/aromatic N) is 4. The van der Waals surface area contributed by atoms with Gasteiger partial charge in [0.2, 0.25) is 11.8 Å². The van der Waals surface area contributed by atoms with E-state index in [9.17, 15) is 22.8 Å². The first-order valence-corrected chi connectivity index (χ1v) is 9.38. The quantitative estimate of drug-likeness (QED) is 0.732. The number of hydrogen-bond acceptors (Lipinski definition) is 5. The molecule has 0 saturated heterocycles. The number of fused-ring (bicyclic) bond motifs is 1. The van der Waals surface area contributed by atoms with E-state index >= 15 is 0 Å². The predicted octanol–water partition coefficient (Wildman–Crippen LogP) is 1.91. The molecular weight excluding hydrogens is 419 g/mol. The zero-order valence-electron chi connectivity index (χ0n) is 16.7. The number of imidazole rings is 1. The largest absolute Gasteiger partial charge is 0.490 e. The van der Waals surface area contributed by atoms with E-state index < -0.39 is 18.2 Å². The van der Waals surface area contributed by atoms with Crippen molar-refractivity contribution in [1.82, 2.24) is 24.8 Å². The molecule has 2 aromatic heterocycles. The normalized spacial score (nSPS) is 15.4. The summed E-state index contributed by atoms with van der Waals surface area (Å²) in [5.74, 6) is -2.80. The fourth-order valence-corrected chi connectivity index (χ4v) is 2.87. The fraction of sp³-hybridized carbons (Fsp3) is 0.421. The molecule has 1 aliphatic heterocycles. The Balaban J connectivity index is 0.000000423. The van der Waals surface area contributed by atoms with Gasteiger partial charge in [0.15, 0.2) is 0 Å². The average Bonchev–Trinajstić information content (AvgIpc) is 3.20. The molecule has 2 N–H and O–H groups in total. The molecule has 2 aromatic rings. The SMILES string of the molecule is CCCC(=O)N1Cc2cncn2C(C(=O)NCc2cccnc2)C1.O=C(O)C(F)(F)F. The molecule has 2 amide bonds. The van der Waals surface area contributed by atoms with Gasteiger partial charge < -0.3 is 19.9 Å².